The molecule has 16 heavy (non-hydrogen) atoms. The molecule has 0 amide bonds. The van der Waals surface area contributed by atoms with Crippen molar-refractivity contribution in [3.63, 3.8) is 0 Å². The fraction of sp³-hybridized carbons (Fsp3) is 0.182. The highest BCUT2D eigenvalue weighted by molar-refractivity contribution is 5.51. The summed E-state index contributed by atoms with van der Waals surface area (Å²) in [6.07, 6.45) is -1.18. The van der Waals surface area contributed by atoms with Crippen LogP contribution in [-0.4, -0.2) is 6.18 Å². The first kappa shape index (κ1) is 12.1. The molecule has 84 valence electrons. The fourth-order valence-electron chi connectivity index (χ4n) is 1.04. The van der Waals surface area contributed by atoms with E-state index in [1.54, 1.807) is 6.07 Å². The Balaban J connectivity index is 3.04. The molecular weight excluding hydrogens is 219 g/mol. The van der Waals surface area contributed by atoms with Gasteiger partial charge in [-0.2, -0.15) is 18.4 Å². The molecule has 0 unspecified atom stereocenters. The SMILES string of the molecule is C/C(C#N)=C(\C=C\c1ccco1)C(F)(F)F. The predicted octanol–water partition coefficient (Wildman–Crippen LogP) is 3.70. The van der Waals surface area contributed by atoms with Crippen molar-refractivity contribution in [3.8, 4) is 6.07 Å². The van der Waals surface area contributed by atoms with E-state index in [2.05, 4.69) is 0 Å². The van der Waals surface area contributed by atoms with Gasteiger partial charge in [0.25, 0.3) is 0 Å². The standard InChI is InChI=1S/C11H8F3NO/c1-8(7-15)10(11(12,13)14)5-4-9-3-2-6-16-9/h2-6H,1H3/b5-4+,10-8-. The first-order valence-corrected chi connectivity index (χ1v) is 4.35. The molecular formula is C11H8F3NO. The Hall–Kier alpha value is -1.96. The average Bonchev–Trinajstić information content (AvgIpc) is 2.68. The molecule has 0 N–H and O–H groups in total. The quantitative estimate of drug-likeness (QED) is 0.570. The first-order valence-electron chi connectivity index (χ1n) is 4.35. The maximum Gasteiger partial charge on any atom is 0.417 e. The molecule has 0 bridgehead atoms. The lowest BCUT2D eigenvalue weighted by atomic mass is 10.1. The first-order chi connectivity index (χ1) is 7.45. The summed E-state index contributed by atoms with van der Waals surface area (Å²) < 4.78 is 42.3. The molecule has 0 saturated carbocycles. The Labute approximate surface area is 90.3 Å². The number of alkyl halides is 3. The predicted molar refractivity (Wildman–Crippen MR) is 52.1 cm³/mol. The van der Waals surface area contributed by atoms with Crippen molar-refractivity contribution >= 4 is 6.08 Å². The van der Waals surface area contributed by atoms with Crippen LogP contribution in [0.4, 0.5) is 13.2 Å². The third-order valence-corrected chi connectivity index (χ3v) is 1.83. The van der Waals surface area contributed by atoms with Crippen molar-refractivity contribution in [1.82, 2.24) is 0 Å². The minimum absolute atomic E-state index is 0.299. The third kappa shape index (κ3) is 3.02. The molecule has 1 aromatic rings. The number of furan rings is 1. The lowest BCUT2D eigenvalue weighted by molar-refractivity contribution is -0.0886. The van der Waals surface area contributed by atoms with Crippen LogP contribution in [0.2, 0.25) is 0 Å². The number of hydrogen-bond donors (Lipinski definition) is 0. The molecule has 0 fully saturated rings. The van der Waals surface area contributed by atoms with Crippen LogP contribution in [0, 0.1) is 11.3 Å². The Morgan fingerprint density at radius 1 is 1.50 bits per heavy atom. The number of rotatable bonds is 2. The minimum atomic E-state index is -4.54. The maximum absolute atomic E-state index is 12.5. The highest BCUT2D eigenvalue weighted by atomic mass is 19.4. The smallest absolute Gasteiger partial charge is 0.417 e. The lowest BCUT2D eigenvalue weighted by Gasteiger charge is -2.07. The zero-order valence-electron chi connectivity index (χ0n) is 8.38. The minimum Gasteiger partial charge on any atom is -0.465 e. The van der Waals surface area contributed by atoms with Crippen molar-refractivity contribution in [2.24, 2.45) is 0 Å². The van der Waals surface area contributed by atoms with E-state index < -0.39 is 11.7 Å². The molecule has 0 atom stereocenters. The van der Waals surface area contributed by atoms with Gasteiger partial charge in [0, 0.05) is 5.57 Å². The van der Waals surface area contributed by atoms with Crippen molar-refractivity contribution in [2.75, 3.05) is 0 Å². The van der Waals surface area contributed by atoms with Crippen LogP contribution in [-0.2, 0) is 0 Å². The van der Waals surface area contributed by atoms with Crippen LogP contribution >= 0.6 is 0 Å². The Morgan fingerprint density at radius 2 is 2.19 bits per heavy atom. The van der Waals surface area contributed by atoms with E-state index in [0.717, 1.165) is 13.0 Å². The van der Waals surface area contributed by atoms with Crippen molar-refractivity contribution in [2.45, 2.75) is 13.1 Å². The average molecular weight is 227 g/mol. The second-order valence-corrected chi connectivity index (χ2v) is 3.00. The summed E-state index contributed by atoms with van der Waals surface area (Å²) in [6, 6.07) is 4.56. The summed E-state index contributed by atoms with van der Waals surface area (Å²) in [7, 11) is 0. The van der Waals surface area contributed by atoms with Gasteiger partial charge in [-0.05, 0) is 31.2 Å². The topological polar surface area (TPSA) is 36.9 Å². The van der Waals surface area contributed by atoms with E-state index in [1.807, 2.05) is 0 Å². The number of hydrogen-bond acceptors (Lipinski definition) is 2. The normalized spacial score (nSPS) is 13.7. The molecule has 1 heterocycles. The fourth-order valence-corrected chi connectivity index (χ4v) is 1.04. The third-order valence-electron chi connectivity index (χ3n) is 1.83. The van der Waals surface area contributed by atoms with Gasteiger partial charge >= 0.3 is 6.18 Å². The van der Waals surface area contributed by atoms with E-state index in [4.69, 9.17) is 9.68 Å². The van der Waals surface area contributed by atoms with Gasteiger partial charge in [0.2, 0.25) is 0 Å². The molecule has 0 aliphatic rings. The summed E-state index contributed by atoms with van der Waals surface area (Å²) in [5.74, 6) is 0.299. The van der Waals surface area contributed by atoms with Crippen LogP contribution in [0.5, 0.6) is 0 Å². The summed E-state index contributed by atoms with van der Waals surface area (Å²) in [4.78, 5) is 0. The van der Waals surface area contributed by atoms with Crippen molar-refractivity contribution in [3.05, 3.63) is 41.4 Å². The number of nitriles is 1. The zero-order chi connectivity index (χ0) is 12.2. The summed E-state index contributed by atoms with van der Waals surface area (Å²) in [5, 5.41) is 8.46. The number of halogens is 3. The number of allylic oxidation sites excluding steroid dienone is 3. The van der Waals surface area contributed by atoms with Crippen LogP contribution in [0.15, 0.2) is 40.0 Å². The zero-order valence-corrected chi connectivity index (χ0v) is 8.38. The summed E-state index contributed by atoms with van der Waals surface area (Å²) in [6.45, 7) is 1.12. The van der Waals surface area contributed by atoms with Crippen LogP contribution < -0.4 is 0 Å². The molecule has 0 aromatic carbocycles. The van der Waals surface area contributed by atoms with Crippen LogP contribution in [0.25, 0.3) is 6.08 Å². The van der Waals surface area contributed by atoms with E-state index in [0.29, 0.717) is 5.76 Å². The van der Waals surface area contributed by atoms with Gasteiger partial charge in [-0.3, -0.25) is 0 Å². The second-order valence-electron chi connectivity index (χ2n) is 3.00. The van der Waals surface area contributed by atoms with Crippen molar-refractivity contribution in [1.29, 1.82) is 5.26 Å². The highest BCUT2D eigenvalue weighted by Crippen LogP contribution is 2.29. The van der Waals surface area contributed by atoms with Gasteiger partial charge in [0.05, 0.1) is 17.9 Å². The molecule has 2 nitrogen and oxygen atoms in total. The molecule has 0 aliphatic carbocycles. The van der Waals surface area contributed by atoms with Gasteiger partial charge in [0.1, 0.15) is 5.76 Å². The second kappa shape index (κ2) is 4.71. The highest BCUT2D eigenvalue weighted by Gasteiger charge is 2.33. The van der Waals surface area contributed by atoms with Gasteiger partial charge in [-0.1, -0.05) is 0 Å². The molecule has 0 aliphatic heterocycles. The Kier molecular flexibility index (Phi) is 3.56. The molecule has 1 rings (SSSR count). The number of nitrogens with zero attached hydrogens (tertiary/aromatic N) is 1. The Morgan fingerprint density at radius 3 is 2.62 bits per heavy atom. The van der Waals surface area contributed by atoms with E-state index in [-0.39, 0.29) is 5.57 Å². The molecule has 0 spiro atoms. The molecule has 0 radical (unpaired) electrons. The van der Waals surface area contributed by atoms with Gasteiger partial charge < -0.3 is 4.42 Å². The van der Waals surface area contributed by atoms with E-state index >= 15 is 0 Å². The largest absolute Gasteiger partial charge is 0.465 e. The molecule has 1 aromatic heterocycles. The van der Waals surface area contributed by atoms with Gasteiger partial charge in [0.15, 0.2) is 0 Å². The summed E-state index contributed by atoms with van der Waals surface area (Å²) >= 11 is 0. The van der Waals surface area contributed by atoms with E-state index in [9.17, 15) is 13.2 Å². The molecule has 0 saturated heterocycles. The van der Waals surface area contributed by atoms with Crippen LogP contribution in [0.3, 0.4) is 0 Å². The summed E-state index contributed by atoms with van der Waals surface area (Å²) in [5.41, 5.74) is -1.35. The Bertz CT molecular complexity index is 447. The van der Waals surface area contributed by atoms with Gasteiger partial charge in [-0.15, -0.1) is 0 Å². The monoisotopic (exact) mass is 227 g/mol. The van der Waals surface area contributed by atoms with Crippen LogP contribution in [0.1, 0.15) is 12.7 Å². The lowest BCUT2D eigenvalue weighted by Crippen LogP contribution is -2.11. The van der Waals surface area contributed by atoms with E-state index in [1.165, 1.54) is 24.5 Å². The van der Waals surface area contributed by atoms with Gasteiger partial charge in [-0.25, -0.2) is 0 Å². The molecule has 5 heteroatoms. The maximum atomic E-state index is 12.5. The van der Waals surface area contributed by atoms with Crippen molar-refractivity contribution < 1.29 is 17.6 Å².